The molecule has 0 aliphatic rings. The van der Waals surface area contributed by atoms with E-state index in [2.05, 4.69) is 24.4 Å². The highest BCUT2D eigenvalue weighted by molar-refractivity contribution is 7.99. The summed E-state index contributed by atoms with van der Waals surface area (Å²) in [5.41, 5.74) is 4.34. The zero-order valence-electron chi connectivity index (χ0n) is 20.4. The molecule has 3 rings (SSSR count). The molecule has 0 spiro atoms. The molecule has 0 saturated heterocycles. The lowest BCUT2D eigenvalue weighted by Gasteiger charge is -2.31. The number of hydrogen-bond acceptors (Lipinski definition) is 3. The molecule has 0 saturated carbocycles. The van der Waals surface area contributed by atoms with Crippen molar-refractivity contribution in [2.45, 2.75) is 45.0 Å². The van der Waals surface area contributed by atoms with E-state index in [4.69, 9.17) is 11.6 Å². The zero-order chi connectivity index (χ0) is 25.0. The van der Waals surface area contributed by atoms with Crippen molar-refractivity contribution in [2.24, 2.45) is 0 Å². The van der Waals surface area contributed by atoms with Crippen molar-refractivity contribution in [3.8, 4) is 0 Å². The molecule has 0 radical (unpaired) electrons. The Morgan fingerprint density at radius 2 is 1.69 bits per heavy atom. The first-order chi connectivity index (χ1) is 17.0. The van der Waals surface area contributed by atoms with Crippen LogP contribution in [0.1, 0.15) is 35.6 Å². The van der Waals surface area contributed by atoms with Crippen molar-refractivity contribution in [1.82, 2.24) is 10.2 Å². The lowest BCUT2D eigenvalue weighted by molar-refractivity contribution is -0.139. The minimum atomic E-state index is -0.616. The fourth-order valence-corrected chi connectivity index (χ4v) is 5.05. The number of hydrogen-bond donors (Lipinski definition) is 1. The average Bonchev–Trinajstić information content (AvgIpc) is 2.86. The normalized spacial score (nSPS) is 11.6. The van der Waals surface area contributed by atoms with E-state index in [0.29, 0.717) is 30.3 Å². The van der Waals surface area contributed by atoms with Crippen LogP contribution in [-0.2, 0) is 28.3 Å². The second kappa shape index (κ2) is 14.0. The number of benzene rings is 3. The highest BCUT2D eigenvalue weighted by Gasteiger charge is 2.30. The van der Waals surface area contributed by atoms with Crippen molar-refractivity contribution in [1.29, 1.82) is 0 Å². The molecule has 0 bridgehead atoms. The van der Waals surface area contributed by atoms with Crippen LogP contribution in [0.4, 0.5) is 0 Å². The van der Waals surface area contributed by atoms with Gasteiger partial charge in [0.05, 0.1) is 5.75 Å². The first-order valence-corrected chi connectivity index (χ1v) is 13.5. The van der Waals surface area contributed by atoms with E-state index < -0.39 is 6.04 Å². The summed E-state index contributed by atoms with van der Waals surface area (Å²) in [6, 6.07) is 24.9. The summed E-state index contributed by atoms with van der Waals surface area (Å²) in [5, 5.41) is 3.62. The van der Waals surface area contributed by atoms with Crippen LogP contribution < -0.4 is 5.32 Å². The van der Waals surface area contributed by atoms with Gasteiger partial charge in [0, 0.05) is 30.3 Å². The van der Waals surface area contributed by atoms with Gasteiger partial charge in [-0.15, -0.1) is 11.8 Å². The molecule has 184 valence electrons. The van der Waals surface area contributed by atoms with E-state index in [1.54, 1.807) is 16.7 Å². The second-order valence-corrected chi connectivity index (χ2v) is 9.99. The predicted octanol–water partition coefficient (Wildman–Crippen LogP) is 6.05. The second-order valence-electron chi connectivity index (χ2n) is 8.57. The van der Waals surface area contributed by atoms with Gasteiger partial charge < -0.3 is 10.2 Å². The first kappa shape index (κ1) is 26.8. The summed E-state index contributed by atoms with van der Waals surface area (Å²) in [6.07, 6.45) is 1.28. The molecular formula is C29H33ClN2O2S. The lowest BCUT2D eigenvalue weighted by Crippen LogP contribution is -2.51. The summed E-state index contributed by atoms with van der Waals surface area (Å²) in [4.78, 5) is 28.6. The predicted molar refractivity (Wildman–Crippen MR) is 147 cm³/mol. The number of nitrogens with zero attached hydrogens (tertiary/aromatic N) is 1. The summed E-state index contributed by atoms with van der Waals surface area (Å²) >= 11 is 7.80. The number of nitrogens with one attached hydrogen (secondary N) is 1. The summed E-state index contributed by atoms with van der Waals surface area (Å²) in [6.45, 7) is 4.99. The topological polar surface area (TPSA) is 49.4 Å². The molecule has 0 unspecified atom stereocenters. The van der Waals surface area contributed by atoms with Crippen molar-refractivity contribution >= 4 is 35.2 Å². The van der Waals surface area contributed by atoms with Gasteiger partial charge in [-0.3, -0.25) is 9.59 Å². The third kappa shape index (κ3) is 8.44. The summed E-state index contributed by atoms with van der Waals surface area (Å²) < 4.78 is 0. The van der Waals surface area contributed by atoms with Crippen molar-refractivity contribution in [3.05, 3.63) is 106 Å². The minimum Gasteiger partial charge on any atom is -0.354 e. The van der Waals surface area contributed by atoms with Crippen molar-refractivity contribution in [3.63, 3.8) is 0 Å². The van der Waals surface area contributed by atoms with Crippen LogP contribution >= 0.6 is 23.4 Å². The molecule has 1 atom stereocenters. The van der Waals surface area contributed by atoms with Crippen molar-refractivity contribution < 1.29 is 9.59 Å². The number of aryl methyl sites for hydroxylation is 1. The number of halogens is 1. The van der Waals surface area contributed by atoms with Gasteiger partial charge in [0.1, 0.15) is 6.04 Å². The van der Waals surface area contributed by atoms with E-state index in [1.165, 1.54) is 11.1 Å². The third-order valence-corrected chi connectivity index (χ3v) is 7.01. The van der Waals surface area contributed by atoms with Gasteiger partial charge in [-0.25, -0.2) is 0 Å². The Kier molecular flexibility index (Phi) is 10.7. The van der Waals surface area contributed by atoms with Gasteiger partial charge in [0.15, 0.2) is 0 Å². The van der Waals surface area contributed by atoms with E-state index in [9.17, 15) is 9.59 Å². The molecule has 1 N–H and O–H groups in total. The van der Waals surface area contributed by atoms with E-state index >= 15 is 0 Å². The Balaban J connectivity index is 1.84. The van der Waals surface area contributed by atoms with Crippen LogP contribution in [-0.4, -0.2) is 35.1 Å². The van der Waals surface area contributed by atoms with Crippen LogP contribution in [0.25, 0.3) is 0 Å². The van der Waals surface area contributed by atoms with E-state index in [-0.39, 0.29) is 11.8 Å². The summed E-state index contributed by atoms with van der Waals surface area (Å²) in [7, 11) is 0. The molecule has 0 aromatic heterocycles. The third-order valence-electron chi connectivity index (χ3n) is 5.81. The molecule has 0 heterocycles. The SMILES string of the molecule is CCCNC(=O)[C@H](Cc1ccccc1)N(Cc1cccc(Cl)c1)C(=O)CSCc1ccccc1C. The number of carbonyl (C=O) groups excluding carboxylic acids is 2. The smallest absolute Gasteiger partial charge is 0.243 e. The lowest BCUT2D eigenvalue weighted by atomic mass is 10.0. The Hall–Kier alpha value is -2.76. The number of amides is 2. The molecule has 0 aliphatic carbocycles. The minimum absolute atomic E-state index is 0.0591. The Morgan fingerprint density at radius 3 is 2.40 bits per heavy atom. The van der Waals surface area contributed by atoms with Gasteiger partial charge in [-0.05, 0) is 47.7 Å². The van der Waals surface area contributed by atoms with Gasteiger partial charge >= 0.3 is 0 Å². The van der Waals surface area contributed by atoms with Crippen LogP contribution in [0.3, 0.4) is 0 Å². The van der Waals surface area contributed by atoms with Crippen molar-refractivity contribution in [2.75, 3.05) is 12.3 Å². The van der Waals surface area contributed by atoms with Crippen LogP contribution in [0.5, 0.6) is 0 Å². The quantitative estimate of drug-likeness (QED) is 0.324. The molecule has 3 aromatic rings. The van der Waals surface area contributed by atoms with E-state index in [0.717, 1.165) is 23.3 Å². The van der Waals surface area contributed by atoms with Gasteiger partial charge in [-0.1, -0.05) is 85.3 Å². The van der Waals surface area contributed by atoms with Crippen LogP contribution in [0, 0.1) is 6.92 Å². The molecule has 3 aromatic carbocycles. The monoisotopic (exact) mass is 508 g/mol. The molecule has 0 fully saturated rings. The Morgan fingerprint density at radius 1 is 0.971 bits per heavy atom. The summed E-state index contributed by atoms with van der Waals surface area (Å²) in [5.74, 6) is 0.849. The molecule has 4 nitrogen and oxygen atoms in total. The first-order valence-electron chi connectivity index (χ1n) is 12.0. The standard InChI is InChI=1S/C29H33ClN2O2S/c1-3-16-31-29(34)27(18-23-11-5-4-6-12-23)32(19-24-13-9-15-26(30)17-24)28(33)21-35-20-25-14-8-7-10-22(25)2/h4-15,17,27H,3,16,18-21H2,1-2H3,(H,31,34)/t27-/m0/s1. The maximum Gasteiger partial charge on any atom is 0.243 e. The maximum atomic E-state index is 13.6. The fourth-order valence-electron chi connectivity index (χ4n) is 3.86. The molecular weight excluding hydrogens is 476 g/mol. The van der Waals surface area contributed by atoms with E-state index in [1.807, 2.05) is 73.7 Å². The average molecular weight is 509 g/mol. The highest BCUT2D eigenvalue weighted by Crippen LogP contribution is 2.21. The number of rotatable bonds is 12. The molecule has 35 heavy (non-hydrogen) atoms. The maximum absolute atomic E-state index is 13.6. The largest absolute Gasteiger partial charge is 0.354 e. The Bertz CT molecular complexity index is 1110. The highest BCUT2D eigenvalue weighted by atomic mass is 35.5. The fraction of sp³-hybridized carbons (Fsp3) is 0.310. The zero-order valence-corrected chi connectivity index (χ0v) is 21.9. The molecule has 0 aliphatic heterocycles. The van der Waals surface area contributed by atoms with Crippen LogP contribution in [0.15, 0.2) is 78.9 Å². The van der Waals surface area contributed by atoms with Gasteiger partial charge in [0.2, 0.25) is 11.8 Å². The Labute approximate surface area is 218 Å². The number of carbonyl (C=O) groups is 2. The van der Waals surface area contributed by atoms with Crippen LogP contribution in [0.2, 0.25) is 5.02 Å². The molecule has 6 heteroatoms. The molecule has 2 amide bonds. The number of thioether (sulfide) groups is 1. The van der Waals surface area contributed by atoms with Gasteiger partial charge in [-0.2, -0.15) is 0 Å². The van der Waals surface area contributed by atoms with Gasteiger partial charge in [0.25, 0.3) is 0 Å².